The van der Waals surface area contributed by atoms with Crippen LogP contribution in [0.15, 0.2) is 18.2 Å². The molecule has 1 aromatic carbocycles. The van der Waals surface area contributed by atoms with Gasteiger partial charge in [0, 0.05) is 13.3 Å². The van der Waals surface area contributed by atoms with Gasteiger partial charge < -0.3 is 15.2 Å². The Hall–Kier alpha value is -2.48. The summed E-state index contributed by atoms with van der Waals surface area (Å²) in [5.41, 5.74) is 0.778. The Labute approximate surface area is 150 Å². The van der Waals surface area contributed by atoms with Crippen molar-refractivity contribution in [3.05, 3.63) is 29.6 Å². The van der Waals surface area contributed by atoms with Gasteiger partial charge in [-0.15, -0.1) is 0 Å². The third kappa shape index (κ3) is 3.85. The molecule has 1 saturated heterocycles. The molecule has 2 N–H and O–H groups in total. The fourth-order valence-electron chi connectivity index (χ4n) is 3.38. The van der Waals surface area contributed by atoms with Crippen LogP contribution in [0.25, 0.3) is 0 Å². The number of nitrogens with one attached hydrogen (secondary N) is 1. The molecule has 0 radical (unpaired) electrons. The number of anilines is 1. The maximum atomic E-state index is 14.6. The van der Waals surface area contributed by atoms with Crippen LogP contribution >= 0.6 is 0 Å². The summed E-state index contributed by atoms with van der Waals surface area (Å²) in [6, 6.07) is 4.46. The minimum absolute atomic E-state index is 0.113. The Kier molecular flexibility index (Phi) is 5.22. The highest BCUT2D eigenvalue weighted by molar-refractivity contribution is 5.90. The largest absolute Gasteiger partial charge is 0.442 e. The van der Waals surface area contributed by atoms with Gasteiger partial charge in [0.1, 0.15) is 18.0 Å². The molecule has 0 spiro atoms. The third-order valence-electron chi connectivity index (χ3n) is 4.80. The van der Waals surface area contributed by atoms with E-state index in [2.05, 4.69) is 5.32 Å². The number of rotatable bonds is 4. The number of aliphatic hydroxyl groups is 1. The molecular weight excluding hydrogens is 343 g/mol. The smallest absolute Gasteiger partial charge is 0.414 e. The van der Waals surface area contributed by atoms with Gasteiger partial charge in [0.25, 0.3) is 0 Å². The summed E-state index contributed by atoms with van der Waals surface area (Å²) in [5, 5.41) is 12.1. The van der Waals surface area contributed by atoms with Gasteiger partial charge in [-0.25, -0.2) is 9.18 Å². The van der Waals surface area contributed by atoms with E-state index in [0.717, 1.165) is 0 Å². The number of carbonyl (C=O) groups excluding carboxylic acids is 3. The van der Waals surface area contributed by atoms with Crippen molar-refractivity contribution in [1.29, 1.82) is 0 Å². The van der Waals surface area contributed by atoms with Gasteiger partial charge >= 0.3 is 6.09 Å². The van der Waals surface area contributed by atoms with Gasteiger partial charge in [-0.2, -0.15) is 0 Å². The molecule has 3 atom stereocenters. The summed E-state index contributed by atoms with van der Waals surface area (Å²) in [4.78, 5) is 36.0. The number of ketones is 1. The number of aliphatic hydroxyl groups excluding tert-OH is 1. The van der Waals surface area contributed by atoms with Gasteiger partial charge in [0.15, 0.2) is 5.78 Å². The number of nitrogens with zero attached hydrogens (tertiary/aromatic N) is 1. The number of ether oxygens (including phenoxy) is 1. The monoisotopic (exact) mass is 364 g/mol. The Morgan fingerprint density at radius 2 is 2.15 bits per heavy atom. The lowest BCUT2D eigenvalue weighted by atomic mass is 9.82. The predicted molar refractivity (Wildman–Crippen MR) is 90.3 cm³/mol. The molecule has 1 aliphatic carbocycles. The van der Waals surface area contributed by atoms with Crippen molar-refractivity contribution in [3.8, 4) is 0 Å². The number of amides is 2. The molecule has 3 rings (SSSR count). The second kappa shape index (κ2) is 7.41. The van der Waals surface area contributed by atoms with E-state index in [4.69, 9.17) is 4.74 Å². The normalized spacial score (nSPS) is 26.0. The number of Topliss-reactive ketones (excluding diaryl/α,β-unsaturated/α-hetero) is 1. The molecule has 26 heavy (non-hydrogen) atoms. The zero-order valence-corrected chi connectivity index (χ0v) is 14.4. The summed E-state index contributed by atoms with van der Waals surface area (Å²) in [5.74, 6) is -1.25. The highest BCUT2D eigenvalue weighted by atomic mass is 19.1. The van der Waals surface area contributed by atoms with Crippen molar-refractivity contribution < 1.29 is 28.6 Å². The summed E-state index contributed by atoms with van der Waals surface area (Å²) in [7, 11) is 0. The van der Waals surface area contributed by atoms with Crippen LogP contribution in [0.3, 0.4) is 0 Å². The number of benzene rings is 1. The highest BCUT2D eigenvalue weighted by Gasteiger charge is 2.34. The molecule has 2 fully saturated rings. The van der Waals surface area contributed by atoms with Crippen LogP contribution in [0, 0.1) is 5.82 Å². The third-order valence-corrected chi connectivity index (χ3v) is 4.80. The molecule has 2 amide bonds. The Bertz CT molecular complexity index is 738. The Balaban J connectivity index is 1.70. The molecule has 8 heteroatoms. The molecule has 140 valence electrons. The predicted octanol–water partition coefficient (Wildman–Crippen LogP) is 1.48. The standard InChI is InChI=1S/C18H21FN2O5/c1-10(22)20-8-13-9-21(18(25)26-13)12-3-4-14(15(19)7-12)11-2-5-16(23)17(24)6-11/h3-4,7,11,13,16,23H,2,5-6,8-9H2,1H3,(H,20,22). The van der Waals surface area contributed by atoms with Crippen LogP contribution in [-0.4, -0.2) is 48.2 Å². The van der Waals surface area contributed by atoms with Crippen molar-refractivity contribution in [3.63, 3.8) is 0 Å². The van der Waals surface area contributed by atoms with E-state index in [1.54, 1.807) is 12.1 Å². The number of hydrogen-bond donors (Lipinski definition) is 2. The van der Waals surface area contributed by atoms with E-state index in [9.17, 15) is 23.9 Å². The average molecular weight is 364 g/mol. The zero-order valence-electron chi connectivity index (χ0n) is 14.4. The average Bonchev–Trinajstić information content (AvgIpc) is 2.96. The Morgan fingerprint density at radius 1 is 1.38 bits per heavy atom. The quantitative estimate of drug-likeness (QED) is 0.844. The van der Waals surface area contributed by atoms with Crippen LogP contribution in [0.2, 0.25) is 0 Å². The minimum Gasteiger partial charge on any atom is -0.442 e. The van der Waals surface area contributed by atoms with Crippen LogP contribution in [-0.2, 0) is 14.3 Å². The fourth-order valence-corrected chi connectivity index (χ4v) is 3.38. The van der Waals surface area contributed by atoms with E-state index in [1.807, 2.05) is 0 Å². The van der Waals surface area contributed by atoms with E-state index in [-0.39, 0.29) is 37.1 Å². The maximum Gasteiger partial charge on any atom is 0.414 e. The van der Waals surface area contributed by atoms with Crippen LogP contribution in [0.4, 0.5) is 14.9 Å². The van der Waals surface area contributed by atoms with Gasteiger partial charge in [-0.05, 0) is 36.5 Å². The SMILES string of the molecule is CC(=O)NCC1CN(c2ccc(C3CCC(O)C(=O)C3)c(F)c2)C(=O)O1. The number of halogens is 1. The van der Waals surface area contributed by atoms with E-state index in [0.29, 0.717) is 24.1 Å². The van der Waals surface area contributed by atoms with Gasteiger partial charge in [-0.1, -0.05) is 6.07 Å². The van der Waals surface area contributed by atoms with Gasteiger partial charge in [0.05, 0.1) is 18.8 Å². The first-order valence-corrected chi connectivity index (χ1v) is 8.58. The summed E-state index contributed by atoms with van der Waals surface area (Å²) >= 11 is 0. The molecule has 1 heterocycles. The number of hydrogen-bond acceptors (Lipinski definition) is 5. The van der Waals surface area contributed by atoms with Crippen molar-refractivity contribution in [2.24, 2.45) is 0 Å². The second-order valence-electron chi connectivity index (χ2n) is 6.72. The molecule has 7 nitrogen and oxygen atoms in total. The zero-order chi connectivity index (χ0) is 18.8. The van der Waals surface area contributed by atoms with Gasteiger partial charge in [-0.3, -0.25) is 14.5 Å². The highest BCUT2D eigenvalue weighted by Crippen LogP contribution is 2.34. The van der Waals surface area contributed by atoms with Crippen molar-refractivity contribution in [1.82, 2.24) is 5.32 Å². The van der Waals surface area contributed by atoms with Crippen LogP contribution in [0.5, 0.6) is 0 Å². The summed E-state index contributed by atoms with van der Waals surface area (Å²) < 4.78 is 19.7. The molecule has 1 saturated carbocycles. The number of carbonyl (C=O) groups is 3. The minimum atomic E-state index is -0.950. The van der Waals surface area contributed by atoms with Crippen LogP contribution in [0.1, 0.15) is 37.7 Å². The number of cyclic esters (lactones) is 1. The molecular formula is C18H21FN2O5. The first kappa shape index (κ1) is 18.3. The van der Waals surface area contributed by atoms with E-state index >= 15 is 0 Å². The van der Waals surface area contributed by atoms with Crippen LogP contribution < -0.4 is 10.2 Å². The molecule has 1 aliphatic heterocycles. The lowest BCUT2D eigenvalue weighted by Gasteiger charge is -2.25. The summed E-state index contributed by atoms with van der Waals surface area (Å²) in [6.45, 7) is 1.79. The lowest BCUT2D eigenvalue weighted by Crippen LogP contribution is -2.33. The summed E-state index contributed by atoms with van der Waals surface area (Å²) in [6.07, 6.45) is -1.06. The van der Waals surface area contributed by atoms with Gasteiger partial charge in [0.2, 0.25) is 5.91 Å². The fraction of sp³-hybridized carbons (Fsp3) is 0.500. The molecule has 0 bridgehead atoms. The second-order valence-corrected chi connectivity index (χ2v) is 6.72. The van der Waals surface area contributed by atoms with Crippen molar-refractivity contribution in [2.75, 3.05) is 18.0 Å². The molecule has 3 unspecified atom stereocenters. The van der Waals surface area contributed by atoms with E-state index < -0.39 is 24.1 Å². The first-order chi connectivity index (χ1) is 12.3. The lowest BCUT2D eigenvalue weighted by molar-refractivity contribution is -0.129. The Morgan fingerprint density at radius 3 is 2.81 bits per heavy atom. The van der Waals surface area contributed by atoms with E-state index in [1.165, 1.54) is 17.9 Å². The first-order valence-electron chi connectivity index (χ1n) is 8.58. The molecule has 2 aliphatic rings. The van der Waals surface area contributed by atoms with Crippen molar-refractivity contribution >= 4 is 23.5 Å². The topological polar surface area (TPSA) is 95.9 Å². The van der Waals surface area contributed by atoms with Crippen molar-refractivity contribution in [2.45, 2.75) is 44.3 Å². The molecule has 1 aromatic rings. The maximum absolute atomic E-state index is 14.6. The molecule has 0 aromatic heterocycles.